The van der Waals surface area contributed by atoms with Crippen LogP contribution in [0.25, 0.3) is 78.3 Å². The highest BCUT2D eigenvalue weighted by Gasteiger charge is 2.20. The molecule has 70 heavy (non-hydrogen) atoms. The molecule has 334 valence electrons. The zero-order chi connectivity index (χ0) is 47.3. The summed E-state index contributed by atoms with van der Waals surface area (Å²) in [5.41, 5.74) is 20.4. The average Bonchev–Trinajstić information content (AvgIpc) is 3.91. The summed E-state index contributed by atoms with van der Waals surface area (Å²) < 4.78 is 4.73. The van der Waals surface area contributed by atoms with Crippen LogP contribution in [0.15, 0.2) is 244 Å². The molecule has 0 unspecified atom stereocenters. The summed E-state index contributed by atoms with van der Waals surface area (Å²) in [6.07, 6.45) is 3.85. The minimum absolute atomic E-state index is 1.08. The van der Waals surface area contributed by atoms with E-state index in [0.717, 1.165) is 78.8 Å². The first kappa shape index (κ1) is 42.2. The van der Waals surface area contributed by atoms with Gasteiger partial charge in [-0.15, -0.1) is 0 Å². The molecule has 0 spiro atoms. The van der Waals surface area contributed by atoms with Crippen molar-refractivity contribution < 1.29 is 0 Å². The maximum atomic E-state index is 4.10. The SMILES string of the molecule is C=Cc1ccc2c(c1)c1cc(N(c3ccc(-c4ccc(N(c5cccc(C)c5)c5ccc6c(c5)c5cc(C=C)ccc5n6-c5ccccc5)cc4)cc3)c3cccc(C)c3)ccc1n2-c1ccccc1. The second-order valence-corrected chi connectivity index (χ2v) is 18.1. The lowest BCUT2D eigenvalue weighted by Crippen LogP contribution is -2.10. The third kappa shape index (κ3) is 7.44. The van der Waals surface area contributed by atoms with Gasteiger partial charge in [0, 0.05) is 67.0 Å². The first-order chi connectivity index (χ1) is 34.4. The van der Waals surface area contributed by atoms with Crippen LogP contribution < -0.4 is 9.80 Å². The summed E-state index contributed by atoms with van der Waals surface area (Å²) in [5, 5.41) is 4.77. The Morgan fingerprint density at radius 1 is 0.314 bits per heavy atom. The Hall–Kier alpha value is -9.12. The van der Waals surface area contributed by atoms with Crippen LogP contribution >= 0.6 is 0 Å². The van der Waals surface area contributed by atoms with Gasteiger partial charge in [-0.1, -0.05) is 122 Å². The maximum Gasteiger partial charge on any atom is 0.0542 e. The fraction of sp³-hybridized carbons (Fsp3) is 0.0303. The van der Waals surface area contributed by atoms with Gasteiger partial charge in [-0.2, -0.15) is 0 Å². The molecule has 2 aromatic heterocycles. The van der Waals surface area contributed by atoms with Crippen molar-refractivity contribution in [2.45, 2.75) is 13.8 Å². The first-order valence-electron chi connectivity index (χ1n) is 23.9. The van der Waals surface area contributed by atoms with Crippen molar-refractivity contribution in [2.24, 2.45) is 0 Å². The summed E-state index contributed by atoms with van der Waals surface area (Å²) in [6.45, 7) is 12.5. The lowest BCUT2D eigenvalue weighted by Gasteiger charge is -2.27. The molecular formula is C66H50N4. The van der Waals surface area contributed by atoms with E-state index in [2.05, 4.69) is 276 Å². The molecule has 0 radical (unpaired) electrons. The van der Waals surface area contributed by atoms with Crippen LogP contribution in [0.5, 0.6) is 0 Å². The van der Waals surface area contributed by atoms with Gasteiger partial charge in [0.1, 0.15) is 0 Å². The summed E-state index contributed by atoms with van der Waals surface area (Å²) in [6, 6.07) is 83.7. The second kappa shape index (κ2) is 17.5. The number of hydrogen-bond donors (Lipinski definition) is 0. The summed E-state index contributed by atoms with van der Waals surface area (Å²) in [4.78, 5) is 4.74. The molecule has 0 N–H and O–H groups in total. The molecule has 4 nitrogen and oxygen atoms in total. The third-order valence-electron chi connectivity index (χ3n) is 13.7. The highest BCUT2D eigenvalue weighted by molar-refractivity contribution is 6.12. The lowest BCUT2D eigenvalue weighted by atomic mass is 10.0. The number of anilines is 6. The molecule has 0 fully saturated rings. The quantitative estimate of drug-likeness (QED) is 0.129. The van der Waals surface area contributed by atoms with Gasteiger partial charge in [0.2, 0.25) is 0 Å². The first-order valence-corrected chi connectivity index (χ1v) is 23.9. The van der Waals surface area contributed by atoms with Gasteiger partial charge >= 0.3 is 0 Å². The van der Waals surface area contributed by atoms with Gasteiger partial charge in [0.15, 0.2) is 0 Å². The number of benzene rings is 10. The zero-order valence-corrected chi connectivity index (χ0v) is 39.3. The number of para-hydroxylation sites is 2. The molecule has 0 aliphatic rings. The Morgan fingerprint density at radius 3 is 1.03 bits per heavy atom. The zero-order valence-electron chi connectivity index (χ0n) is 39.3. The van der Waals surface area contributed by atoms with E-state index in [9.17, 15) is 0 Å². The molecule has 10 aromatic carbocycles. The molecule has 0 amide bonds. The molecule has 0 atom stereocenters. The minimum Gasteiger partial charge on any atom is -0.310 e. The number of nitrogens with zero attached hydrogens (tertiary/aromatic N) is 4. The van der Waals surface area contributed by atoms with E-state index in [4.69, 9.17) is 0 Å². The molecule has 0 saturated heterocycles. The number of fused-ring (bicyclic) bond motifs is 6. The van der Waals surface area contributed by atoms with E-state index < -0.39 is 0 Å². The molecule has 4 heteroatoms. The van der Waals surface area contributed by atoms with Crippen molar-refractivity contribution in [2.75, 3.05) is 9.80 Å². The normalized spacial score (nSPS) is 11.4. The van der Waals surface area contributed by atoms with Crippen molar-refractivity contribution in [3.63, 3.8) is 0 Å². The molecule has 12 rings (SSSR count). The Morgan fingerprint density at radius 2 is 0.657 bits per heavy atom. The number of aromatic nitrogens is 2. The van der Waals surface area contributed by atoms with Crippen LogP contribution in [-0.4, -0.2) is 9.13 Å². The summed E-state index contributed by atoms with van der Waals surface area (Å²) in [5.74, 6) is 0. The Kier molecular flexibility index (Phi) is 10.6. The number of rotatable bonds is 11. The molecule has 0 aliphatic carbocycles. The number of aryl methyl sites for hydroxylation is 2. The topological polar surface area (TPSA) is 16.3 Å². The van der Waals surface area contributed by atoms with Crippen LogP contribution in [0.4, 0.5) is 34.1 Å². The van der Waals surface area contributed by atoms with Crippen molar-refractivity contribution in [1.82, 2.24) is 9.13 Å². The molecular weight excluding hydrogens is 849 g/mol. The van der Waals surface area contributed by atoms with Crippen LogP contribution in [0.3, 0.4) is 0 Å². The largest absolute Gasteiger partial charge is 0.310 e. The maximum absolute atomic E-state index is 4.10. The van der Waals surface area contributed by atoms with E-state index in [-0.39, 0.29) is 0 Å². The van der Waals surface area contributed by atoms with Gasteiger partial charge in [-0.25, -0.2) is 0 Å². The van der Waals surface area contributed by atoms with Crippen LogP contribution in [0.1, 0.15) is 22.3 Å². The smallest absolute Gasteiger partial charge is 0.0542 e. The van der Waals surface area contributed by atoms with Crippen molar-refractivity contribution in [1.29, 1.82) is 0 Å². The van der Waals surface area contributed by atoms with Crippen molar-refractivity contribution >= 4 is 89.9 Å². The van der Waals surface area contributed by atoms with E-state index in [1.165, 1.54) is 43.7 Å². The van der Waals surface area contributed by atoms with E-state index in [0.29, 0.717) is 0 Å². The Labute approximate surface area is 409 Å². The van der Waals surface area contributed by atoms with E-state index in [1.807, 2.05) is 12.2 Å². The predicted molar refractivity (Wildman–Crippen MR) is 300 cm³/mol. The monoisotopic (exact) mass is 898 g/mol. The van der Waals surface area contributed by atoms with Crippen molar-refractivity contribution in [3.05, 3.63) is 266 Å². The van der Waals surface area contributed by atoms with Crippen molar-refractivity contribution in [3.8, 4) is 22.5 Å². The van der Waals surface area contributed by atoms with Gasteiger partial charge in [0.25, 0.3) is 0 Å². The molecule has 0 aliphatic heterocycles. The average molecular weight is 899 g/mol. The van der Waals surface area contributed by atoms with Gasteiger partial charge in [-0.05, 0) is 181 Å². The van der Waals surface area contributed by atoms with Crippen LogP contribution in [0.2, 0.25) is 0 Å². The molecule has 0 bridgehead atoms. The summed E-state index contributed by atoms with van der Waals surface area (Å²) >= 11 is 0. The standard InChI is InChI=1S/C66H50N4/c1-5-47-23-35-63-59(41-47)61-43-57(33-37-65(61)69(63)51-17-9-7-10-18-51)67(55-21-13-15-45(3)39-55)53-29-25-49(26-30-53)50-27-31-54(32-28-50)68(56-22-14-16-46(4)40-56)58-34-38-66-62(44-58)60-42-48(6-2)24-36-64(60)70(66)52-19-11-8-12-20-52/h5-44H,1-2H2,3-4H3. The molecule has 12 aromatic rings. The minimum atomic E-state index is 1.08. The number of hydrogen-bond acceptors (Lipinski definition) is 2. The molecule has 2 heterocycles. The highest BCUT2D eigenvalue weighted by atomic mass is 15.1. The Balaban J connectivity index is 0.926. The molecule has 0 saturated carbocycles. The fourth-order valence-electron chi connectivity index (χ4n) is 10.3. The van der Waals surface area contributed by atoms with Crippen LogP contribution in [-0.2, 0) is 0 Å². The van der Waals surface area contributed by atoms with E-state index >= 15 is 0 Å². The summed E-state index contributed by atoms with van der Waals surface area (Å²) in [7, 11) is 0. The third-order valence-corrected chi connectivity index (χ3v) is 13.7. The van der Waals surface area contributed by atoms with Gasteiger partial charge in [-0.3, -0.25) is 0 Å². The highest BCUT2D eigenvalue weighted by Crippen LogP contribution is 2.43. The fourth-order valence-corrected chi connectivity index (χ4v) is 10.3. The van der Waals surface area contributed by atoms with E-state index in [1.54, 1.807) is 0 Å². The second-order valence-electron chi connectivity index (χ2n) is 18.1. The van der Waals surface area contributed by atoms with Gasteiger partial charge < -0.3 is 18.9 Å². The lowest BCUT2D eigenvalue weighted by molar-refractivity contribution is 1.18. The Bertz CT molecular complexity index is 3670. The van der Waals surface area contributed by atoms with Gasteiger partial charge in [0.05, 0.1) is 22.1 Å². The van der Waals surface area contributed by atoms with Crippen LogP contribution in [0, 0.1) is 13.8 Å². The predicted octanol–water partition coefficient (Wildman–Crippen LogP) is 18.4.